The second-order valence-electron chi connectivity index (χ2n) is 9.78. The SMILES string of the molecule is CC(=O)OC[C@@H]1OC(c2ccc(Cl)c(Cc3ccc(-c4ccc(F)nc4)s3)c2)[C@H](OC(C)=O)[C@@H](OC(C)=O)[C@@H]1OC(C)=O. The average Bonchev–Trinajstić information content (AvgIpc) is 3.39. The van der Waals surface area contributed by atoms with Crippen molar-refractivity contribution in [2.75, 3.05) is 6.61 Å². The smallest absolute Gasteiger partial charge is 0.303 e. The highest BCUT2D eigenvalue weighted by Gasteiger charge is 2.52. The summed E-state index contributed by atoms with van der Waals surface area (Å²) >= 11 is 8.07. The predicted octanol–water partition coefficient (Wildman–Crippen LogP) is 4.99. The van der Waals surface area contributed by atoms with Gasteiger partial charge < -0.3 is 23.7 Å². The Bertz CT molecular complexity index is 1490. The third kappa shape index (κ3) is 8.37. The molecule has 1 aliphatic heterocycles. The normalized spacial score (nSPS) is 21.5. The topological polar surface area (TPSA) is 127 Å². The van der Waals surface area contributed by atoms with Crippen LogP contribution in [0.1, 0.15) is 49.8 Å². The Labute approximate surface area is 256 Å². The van der Waals surface area contributed by atoms with Crippen LogP contribution in [0.5, 0.6) is 0 Å². The number of carbonyl (C=O) groups is 4. The number of ether oxygens (including phenoxy) is 5. The van der Waals surface area contributed by atoms with E-state index < -0.39 is 60.3 Å². The molecule has 1 unspecified atom stereocenters. The van der Waals surface area contributed by atoms with Crippen molar-refractivity contribution in [3.63, 3.8) is 0 Å². The number of aromatic nitrogens is 1. The number of nitrogens with zero attached hydrogens (tertiary/aromatic N) is 1. The Morgan fingerprint density at radius 3 is 2.19 bits per heavy atom. The third-order valence-electron chi connectivity index (χ3n) is 6.43. The zero-order valence-corrected chi connectivity index (χ0v) is 25.3. The van der Waals surface area contributed by atoms with Gasteiger partial charge in [0.1, 0.15) is 18.8 Å². The van der Waals surface area contributed by atoms with Crippen LogP contribution in [0.2, 0.25) is 5.02 Å². The molecule has 43 heavy (non-hydrogen) atoms. The molecule has 0 spiro atoms. The summed E-state index contributed by atoms with van der Waals surface area (Å²) in [5.41, 5.74) is 2.02. The Morgan fingerprint density at radius 2 is 1.56 bits per heavy atom. The van der Waals surface area contributed by atoms with Crippen molar-refractivity contribution in [2.24, 2.45) is 0 Å². The molecule has 0 saturated carbocycles. The second-order valence-corrected chi connectivity index (χ2v) is 11.4. The molecular weight excluding hydrogens is 605 g/mol. The van der Waals surface area contributed by atoms with E-state index in [9.17, 15) is 23.6 Å². The molecule has 3 heterocycles. The number of thiophene rings is 1. The van der Waals surface area contributed by atoms with Crippen LogP contribution >= 0.6 is 22.9 Å². The number of halogens is 2. The molecule has 3 aromatic rings. The van der Waals surface area contributed by atoms with Crippen LogP contribution < -0.4 is 0 Å². The fraction of sp³-hybridized carbons (Fsp3) is 0.367. The first-order valence-corrected chi connectivity index (χ1v) is 14.4. The van der Waals surface area contributed by atoms with Crippen molar-refractivity contribution in [1.29, 1.82) is 0 Å². The molecule has 4 rings (SSSR count). The predicted molar refractivity (Wildman–Crippen MR) is 153 cm³/mol. The standard InChI is InChI=1S/C30H29ClFNO9S/c1-15(34)38-14-24-28(39-16(2)35)30(41-18(4)37)29(40-17(3)36)27(42-24)19-5-8-23(31)21(11-19)12-22-7-9-25(43-22)20-6-10-26(32)33-13-20/h5-11,13,24,27-30H,12,14H2,1-4H3/t24-,27?,28+,29-,30-/m0/s1. The lowest BCUT2D eigenvalue weighted by atomic mass is 9.89. The van der Waals surface area contributed by atoms with E-state index in [4.69, 9.17) is 35.3 Å². The number of pyridine rings is 1. The Kier molecular flexibility index (Phi) is 10.5. The van der Waals surface area contributed by atoms with E-state index in [1.54, 1.807) is 24.3 Å². The molecule has 228 valence electrons. The zero-order valence-electron chi connectivity index (χ0n) is 23.7. The van der Waals surface area contributed by atoms with Crippen LogP contribution in [0.4, 0.5) is 4.39 Å². The molecule has 2 aromatic heterocycles. The molecule has 0 N–H and O–H groups in total. The largest absolute Gasteiger partial charge is 0.463 e. The van der Waals surface area contributed by atoms with Crippen molar-refractivity contribution < 1.29 is 47.3 Å². The van der Waals surface area contributed by atoms with Gasteiger partial charge in [0, 0.05) is 60.7 Å². The molecule has 0 aliphatic carbocycles. The van der Waals surface area contributed by atoms with E-state index in [2.05, 4.69) is 4.98 Å². The number of esters is 4. The van der Waals surface area contributed by atoms with Crippen LogP contribution in [-0.2, 0) is 49.3 Å². The molecular formula is C30H29ClFNO9S. The van der Waals surface area contributed by atoms with Crippen LogP contribution in [0.3, 0.4) is 0 Å². The minimum absolute atomic E-state index is 0.328. The van der Waals surface area contributed by atoms with Gasteiger partial charge in [-0.25, -0.2) is 4.98 Å². The molecule has 1 aliphatic rings. The van der Waals surface area contributed by atoms with Gasteiger partial charge in [0.2, 0.25) is 5.95 Å². The summed E-state index contributed by atoms with van der Waals surface area (Å²) in [6.45, 7) is 4.39. The maximum absolute atomic E-state index is 13.3. The lowest BCUT2D eigenvalue weighted by Crippen LogP contribution is -2.59. The summed E-state index contributed by atoms with van der Waals surface area (Å²) in [5.74, 6) is -3.28. The number of benzene rings is 1. The highest BCUT2D eigenvalue weighted by molar-refractivity contribution is 7.15. The zero-order chi connectivity index (χ0) is 31.3. The van der Waals surface area contributed by atoms with Gasteiger partial charge in [0.15, 0.2) is 18.3 Å². The van der Waals surface area contributed by atoms with Gasteiger partial charge in [-0.1, -0.05) is 23.7 Å². The van der Waals surface area contributed by atoms with E-state index in [0.29, 0.717) is 17.0 Å². The number of hydrogen-bond donors (Lipinski definition) is 0. The first-order chi connectivity index (χ1) is 20.4. The van der Waals surface area contributed by atoms with E-state index in [0.717, 1.165) is 27.8 Å². The summed E-state index contributed by atoms with van der Waals surface area (Å²) in [7, 11) is 0. The lowest BCUT2D eigenvalue weighted by molar-refractivity contribution is -0.254. The van der Waals surface area contributed by atoms with E-state index in [-0.39, 0.29) is 6.61 Å². The molecule has 5 atom stereocenters. The second kappa shape index (κ2) is 14.1. The van der Waals surface area contributed by atoms with Gasteiger partial charge in [0.25, 0.3) is 0 Å². The number of rotatable bonds is 9. The molecule has 1 saturated heterocycles. The van der Waals surface area contributed by atoms with E-state index in [1.165, 1.54) is 44.4 Å². The van der Waals surface area contributed by atoms with Crippen molar-refractivity contribution in [3.05, 3.63) is 75.6 Å². The highest BCUT2D eigenvalue weighted by atomic mass is 35.5. The summed E-state index contributed by atoms with van der Waals surface area (Å²) in [4.78, 5) is 53.5. The van der Waals surface area contributed by atoms with Crippen LogP contribution in [0.15, 0.2) is 48.7 Å². The van der Waals surface area contributed by atoms with Crippen molar-refractivity contribution in [2.45, 2.75) is 64.6 Å². The van der Waals surface area contributed by atoms with Gasteiger partial charge in [-0.3, -0.25) is 19.2 Å². The quantitative estimate of drug-likeness (QED) is 0.181. The van der Waals surface area contributed by atoms with E-state index >= 15 is 0 Å². The van der Waals surface area contributed by atoms with Crippen molar-refractivity contribution in [1.82, 2.24) is 4.98 Å². The number of carbonyl (C=O) groups excluding carboxylic acids is 4. The van der Waals surface area contributed by atoms with Crippen LogP contribution in [0.25, 0.3) is 10.4 Å². The average molecular weight is 634 g/mol. The Morgan fingerprint density at radius 1 is 0.884 bits per heavy atom. The van der Waals surface area contributed by atoms with Crippen molar-refractivity contribution >= 4 is 46.8 Å². The van der Waals surface area contributed by atoms with Crippen LogP contribution in [0, 0.1) is 5.95 Å². The summed E-state index contributed by atoms with van der Waals surface area (Å²) in [6.07, 6.45) is -3.97. The summed E-state index contributed by atoms with van der Waals surface area (Å²) in [5, 5.41) is 0.466. The summed E-state index contributed by atoms with van der Waals surface area (Å²) in [6, 6.07) is 11.9. The Hall–Kier alpha value is -3.87. The first kappa shape index (κ1) is 32.1. The van der Waals surface area contributed by atoms with Gasteiger partial charge >= 0.3 is 23.9 Å². The van der Waals surface area contributed by atoms with Crippen LogP contribution in [-0.4, -0.2) is 59.9 Å². The number of hydrogen-bond acceptors (Lipinski definition) is 11. The Balaban J connectivity index is 1.70. The lowest BCUT2D eigenvalue weighted by Gasteiger charge is -2.44. The molecule has 0 amide bonds. The molecule has 13 heteroatoms. The minimum atomic E-state index is -1.28. The molecule has 0 radical (unpaired) electrons. The minimum Gasteiger partial charge on any atom is -0.463 e. The van der Waals surface area contributed by atoms with Gasteiger partial charge in [-0.2, -0.15) is 4.39 Å². The fourth-order valence-corrected chi connectivity index (χ4v) is 5.95. The monoisotopic (exact) mass is 633 g/mol. The van der Waals surface area contributed by atoms with Crippen molar-refractivity contribution in [3.8, 4) is 10.4 Å². The maximum atomic E-state index is 13.3. The maximum Gasteiger partial charge on any atom is 0.303 e. The third-order valence-corrected chi connectivity index (χ3v) is 7.93. The molecule has 0 bridgehead atoms. The van der Waals surface area contributed by atoms with Gasteiger partial charge in [-0.15, -0.1) is 11.3 Å². The highest BCUT2D eigenvalue weighted by Crippen LogP contribution is 2.39. The van der Waals surface area contributed by atoms with E-state index in [1.807, 2.05) is 12.1 Å². The fourth-order valence-electron chi connectivity index (χ4n) is 4.74. The molecule has 1 fully saturated rings. The van der Waals surface area contributed by atoms with Gasteiger partial charge in [-0.05, 0) is 41.5 Å². The molecule has 10 nitrogen and oxygen atoms in total. The first-order valence-electron chi connectivity index (χ1n) is 13.2. The summed E-state index contributed by atoms with van der Waals surface area (Å²) < 4.78 is 41.3. The van der Waals surface area contributed by atoms with Gasteiger partial charge in [0.05, 0.1) is 0 Å². The molecule has 1 aromatic carbocycles.